The molecule has 0 bridgehead atoms. The Labute approximate surface area is 250 Å². The molecule has 5 nitrogen and oxygen atoms in total. The number of benzene rings is 3. The average molecular weight is 634 g/mol. The zero-order chi connectivity index (χ0) is 28.6. The maximum Gasteiger partial charge on any atom is 0.261 e. The molecule has 3 aromatic carbocycles. The molecule has 208 valence electrons. The van der Waals surface area contributed by atoms with Crippen molar-refractivity contribution in [2.75, 3.05) is 13.2 Å². The molecule has 0 fully saturated rings. The lowest BCUT2D eigenvalue weighted by Gasteiger charge is -2.32. The summed E-state index contributed by atoms with van der Waals surface area (Å²) in [6, 6.07) is 19.9. The van der Waals surface area contributed by atoms with Gasteiger partial charge in [-0.2, -0.15) is 0 Å². The number of carbonyl (C=O) groups excluding carboxylic acids is 2. The Morgan fingerprint density at radius 1 is 1.03 bits per heavy atom. The van der Waals surface area contributed by atoms with Crippen LogP contribution in [0.15, 0.2) is 71.2 Å². The van der Waals surface area contributed by atoms with Crippen molar-refractivity contribution in [2.45, 2.75) is 58.5 Å². The summed E-state index contributed by atoms with van der Waals surface area (Å²) in [7, 11) is 0. The Morgan fingerprint density at radius 2 is 1.74 bits per heavy atom. The van der Waals surface area contributed by atoms with Gasteiger partial charge in [0.1, 0.15) is 11.8 Å². The fourth-order valence-electron chi connectivity index (χ4n) is 4.06. The molecule has 0 heterocycles. The first kappa shape index (κ1) is 31.0. The maximum atomic E-state index is 13.8. The van der Waals surface area contributed by atoms with Gasteiger partial charge in [0.25, 0.3) is 5.91 Å². The van der Waals surface area contributed by atoms with Gasteiger partial charge in [0.15, 0.2) is 6.61 Å². The molecule has 39 heavy (non-hydrogen) atoms. The van der Waals surface area contributed by atoms with Crippen molar-refractivity contribution in [3.63, 3.8) is 0 Å². The van der Waals surface area contributed by atoms with E-state index in [4.69, 9.17) is 27.9 Å². The van der Waals surface area contributed by atoms with E-state index in [1.165, 1.54) is 0 Å². The number of carbonyl (C=O) groups is 2. The van der Waals surface area contributed by atoms with Gasteiger partial charge in [0, 0.05) is 29.6 Å². The minimum Gasteiger partial charge on any atom is -0.483 e. The Morgan fingerprint density at radius 3 is 2.36 bits per heavy atom. The van der Waals surface area contributed by atoms with Crippen LogP contribution in [0, 0.1) is 0 Å². The fraction of sp³-hybridized carbons (Fsp3) is 0.355. The summed E-state index contributed by atoms with van der Waals surface area (Å²) >= 11 is 16.2. The molecular weight excluding hydrogens is 599 g/mol. The molecule has 0 saturated carbocycles. The number of ether oxygens (including phenoxy) is 1. The van der Waals surface area contributed by atoms with Gasteiger partial charge in [-0.15, -0.1) is 0 Å². The van der Waals surface area contributed by atoms with Gasteiger partial charge >= 0.3 is 0 Å². The molecule has 8 heteroatoms. The van der Waals surface area contributed by atoms with E-state index < -0.39 is 6.04 Å². The van der Waals surface area contributed by atoms with Gasteiger partial charge in [-0.25, -0.2) is 0 Å². The summed E-state index contributed by atoms with van der Waals surface area (Å²) < 4.78 is 6.73. The summed E-state index contributed by atoms with van der Waals surface area (Å²) in [5.74, 6) is -0.00823. The van der Waals surface area contributed by atoms with E-state index >= 15 is 0 Å². The molecule has 2 amide bonds. The Kier molecular flexibility index (Phi) is 11.3. The van der Waals surface area contributed by atoms with Crippen molar-refractivity contribution in [3.05, 3.63) is 97.9 Å². The number of nitrogens with zero attached hydrogens (tertiary/aromatic N) is 1. The van der Waals surface area contributed by atoms with Crippen molar-refractivity contribution >= 4 is 50.9 Å². The summed E-state index contributed by atoms with van der Waals surface area (Å²) in [6.45, 7) is 8.78. The largest absolute Gasteiger partial charge is 0.483 e. The molecule has 0 aliphatic carbocycles. The number of hydrogen-bond donors (Lipinski definition) is 1. The highest BCUT2D eigenvalue weighted by Crippen LogP contribution is 2.32. The number of rotatable bonds is 11. The second kappa shape index (κ2) is 14.2. The SMILES string of the molecule is CCCNC(=O)C(Cc1ccccc1)N(Cc1ccc(Cl)cc1Cl)C(=O)COc1ccc(C(C)(C)C)cc1Br. The van der Waals surface area contributed by atoms with Crippen molar-refractivity contribution in [1.82, 2.24) is 10.2 Å². The summed E-state index contributed by atoms with van der Waals surface area (Å²) in [4.78, 5) is 28.8. The molecule has 0 spiro atoms. The molecule has 0 aromatic heterocycles. The van der Waals surface area contributed by atoms with Gasteiger partial charge in [-0.1, -0.05) is 93.4 Å². The smallest absolute Gasteiger partial charge is 0.261 e. The van der Waals surface area contributed by atoms with Crippen LogP contribution in [0.5, 0.6) is 5.75 Å². The first-order chi connectivity index (χ1) is 18.5. The highest BCUT2D eigenvalue weighted by atomic mass is 79.9. The Balaban J connectivity index is 1.92. The zero-order valence-corrected chi connectivity index (χ0v) is 25.9. The van der Waals surface area contributed by atoms with Crippen LogP contribution in [0.3, 0.4) is 0 Å². The molecule has 3 aromatic rings. The lowest BCUT2D eigenvalue weighted by molar-refractivity contribution is -0.142. The molecule has 1 atom stereocenters. The van der Waals surface area contributed by atoms with Crippen LogP contribution in [-0.4, -0.2) is 35.9 Å². The predicted octanol–water partition coefficient (Wildman–Crippen LogP) is 7.60. The van der Waals surface area contributed by atoms with E-state index in [2.05, 4.69) is 42.0 Å². The van der Waals surface area contributed by atoms with Gasteiger partial charge in [0.05, 0.1) is 4.47 Å². The lowest BCUT2D eigenvalue weighted by atomic mass is 9.87. The van der Waals surface area contributed by atoms with E-state index in [-0.39, 0.29) is 30.4 Å². The van der Waals surface area contributed by atoms with Crippen LogP contribution in [0.1, 0.15) is 50.8 Å². The molecule has 0 aliphatic heterocycles. The molecule has 0 saturated heterocycles. The third-order valence-corrected chi connectivity index (χ3v) is 7.53. The third kappa shape index (κ3) is 8.99. The van der Waals surface area contributed by atoms with Gasteiger partial charge in [-0.3, -0.25) is 9.59 Å². The monoisotopic (exact) mass is 632 g/mol. The number of hydrogen-bond acceptors (Lipinski definition) is 3. The van der Waals surface area contributed by atoms with Crippen molar-refractivity contribution in [3.8, 4) is 5.75 Å². The molecular formula is C31H35BrCl2N2O3. The van der Waals surface area contributed by atoms with Gasteiger partial charge < -0.3 is 15.0 Å². The van der Waals surface area contributed by atoms with Crippen LogP contribution in [-0.2, 0) is 28.0 Å². The van der Waals surface area contributed by atoms with Crippen molar-refractivity contribution in [1.29, 1.82) is 0 Å². The maximum absolute atomic E-state index is 13.8. The quantitative estimate of drug-likeness (QED) is 0.237. The molecule has 1 N–H and O–H groups in total. The number of nitrogens with one attached hydrogen (secondary N) is 1. The van der Waals surface area contributed by atoms with Crippen LogP contribution in [0.4, 0.5) is 0 Å². The van der Waals surface area contributed by atoms with E-state index in [1.54, 1.807) is 23.1 Å². The third-order valence-electron chi connectivity index (χ3n) is 6.33. The second-order valence-corrected chi connectivity index (χ2v) is 12.1. The Bertz CT molecular complexity index is 1280. The van der Waals surface area contributed by atoms with Crippen LogP contribution < -0.4 is 10.1 Å². The molecule has 3 rings (SSSR count). The van der Waals surface area contributed by atoms with Crippen LogP contribution >= 0.6 is 39.1 Å². The average Bonchev–Trinajstić information content (AvgIpc) is 2.89. The standard InChI is InChI=1S/C31H35BrCl2N2O3/c1-5-15-35-30(38)27(16-21-9-7-6-8-10-21)36(19-22-11-13-24(33)18-26(22)34)29(37)20-39-28-14-12-23(17-25(28)32)31(2,3)4/h6-14,17-18,27H,5,15-16,19-20H2,1-4H3,(H,35,38). The van der Waals surface area contributed by atoms with Crippen LogP contribution in [0.2, 0.25) is 10.0 Å². The highest BCUT2D eigenvalue weighted by Gasteiger charge is 2.31. The van der Waals surface area contributed by atoms with Gasteiger partial charge in [0.2, 0.25) is 5.91 Å². The highest BCUT2D eigenvalue weighted by molar-refractivity contribution is 9.10. The lowest BCUT2D eigenvalue weighted by Crippen LogP contribution is -2.51. The zero-order valence-electron chi connectivity index (χ0n) is 22.8. The fourth-order valence-corrected chi connectivity index (χ4v) is 5.02. The predicted molar refractivity (Wildman–Crippen MR) is 163 cm³/mol. The normalized spacial score (nSPS) is 12.1. The topological polar surface area (TPSA) is 58.6 Å². The number of halogens is 3. The van der Waals surface area contributed by atoms with Crippen LogP contribution in [0.25, 0.3) is 0 Å². The van der Waals surface area contributed by atoms with Crippen molar-refractivity contribution < 1.29 is 14.3 Å². The summed E-state index contributed by atoms with van der Waals surface area (Å²) in [5, 5.41) is 3.89. The number of amides is 2. The van der Waals surface area contributed by atoms with E-state index in [0.29, 0.717) is 34.3 Å². The molecule has 0 radical (unpaired) electrons. The van der Waals surface area contributed by atoms with E-state index in [9.17, 15) is 9.59 Å². The molecule has 0 aliphatic rings. The van der Waals surface area contributed by atoms with E-state index in [0.717, 1.165) is 22.0 Å². The first-order valence-corrected chi connectivity index (χ1v) is 14.5. The van der Waals surface area contributed by atoms with E-state index in [1.807, 2.05) is 55.5 Å². The minimum absolute atomic E-state index is 0.0258. The first-order valence-electron chi connectivity index (χ1n) is 13.0. The van der Waals surface area contributed by atoms with Gasteiger partial charge in [-0.05, 0) is 68.7 Å². The van der Waals surface area contributed by atoms with Crippen molar-refractivity contribution in [2.24, 2.45) is 0 Å². The second-order valence-electron chi connectivity index (χ2n) is 10.4. The minimum atomic E-state index is -0.770. The molecule has 1 unspecified atom stereocenters. The summed E-state index contributed by atoms with van der Waals surface area (Å²) in [5.41, 5.74) is 2.74. The summed E-state index contributed by atoms with van der Waals surface area (Å²) in [6.07, 6.45) is 1.12. The Hall–Kier alpha value is -2.54.